The van der Waals surface area contributed by atoms with Gasteiger partial charge in [-0.1, -0.05) is 12.1 Å². The lowest BCUT2D eigenvalue weighted by Gasteiger charge is -2.20. The molecule has 2 aromatic rings. The lowest BCUT2D eigenvalue weighted by atomic mass is 9.90. The fourth-order valence-electron chi connectivity index (χ4n) is 2.92. The smallest absolute Gasteiger partial charge is 0.420 e. The Morgan fingerprint density at radius 1 is 1.38 bits per heavy atom. The summed E-state index contributed by atoms with van der Waals surface area (Å²) < 4.78 is 6.59. The molecule has 8 nitrogen and oxygen atoms in total. The number of aliphatic carboxylic acids is 1. The van der Waals surface area contributed by atoms with Crippen molar-refractivity contribution in [1.29, 1.82) is 0 Å². The van der Waals surface area contributed by atoms with Crippen LogP contribution in [0.1, 0.15) is 13.3 Å². The molecule has 1 aliphatic rings. The lowest BCUT2D eigenvalue weighted by Crippen LogP contribution is -2.42. The van der Waals surface area contributed by atoms with E-state index in [9.17, 15) is 19.5 Å². The number of amides is 2. The monoisotopic (exact) mass is 333 g/mol. The second-order valence-electron chi connectivity index (χ2n) is 6.26. The van der Waals surface area contributed by atoms with E-state index < -0.39 is 17.1 Å². The number of hydrogen-bond acceptors (Lipinski definition) is 4. The van der Waals surface area contributed by atoms with Crippen molar-refractivity contribution in [2.75, 3.05) is 19.6 Å². The van der Waals surface area contributed by atoms with Crippen LogP contribution in [0.4, 0.5) is 4.79 Å². The fourth-order valence-corrected chi connectivity index (χ4v) is 2.92. The van der Waals surface area contributed by atoms with Gasteiger partial charge in [-0.3, -0.25) is 9.36 Å². The van der Waals surface area contributed by atoms with Crippen LogP contribution < -0.4 is 11.1 Å². The number of benzene rings is 1. The van der Waals surface area contributed by atoms with Crippen molar-refractivity contribution in [3.8, 4) is 0 Å². The minimum Gasteiger partial charge on any atom is -0.481 e. The van der Waals surface area contributed by atoms with Crippen molar-refractivity contribution in [1.82, 2.24) is 14.8 Å². The van der Waals surface area contributed by atoms with Gasteiger partial charge >= 0.3 is 17.8 Å². The quantitative estimate of drug-likeness (QED) is 0.872. The molecule has 0 radical (unpaired) electrons. The Hall–Kier alpha value is -2.77. The van der Waals surface area contributed by atoms with Crippen molar-refractivity contribution in [3.63, 3.8) is 0 Å². The highest BCUT2D eigenvalue weighted by atomic mass is 16.4. The largest absolute Gasteiger partial charge is 0.481 e. The molecule has 0 aliphatic carbocycles. The molecule has 24 heavy (non-hydrogen) atoms. The van der Waals surface area contributed by atoms with Gasteiger partial charge in [0, 0.05) is 26.2 Å². The number of carboxylic acids is 1. The molecule has 1 saturated heterocycles. The highest BCUT2D eigenvalue weighted by molar-refractivity contribution is 5.79. The summed E-state index contributed by atoms with van der Waals surface area (Å²) in [7, 11) is 0. The van der Waals surface area contributed by atoms with Gasteiger partial charge in [0.1, 0.15) is 0 Å². The van der Waals surface area contributed by atoms with Gasteiger partial charge in [0.25, 0.3) is 0 Å². The number of aromatic nitrogens is 1. The molecule has 1 aliphatic heterocycles. The molecule has 8 heteroatoms. The first-order chi connectivity index (χ1) is 11.4. The Kier molecular flexibility index (Phi) is 4.04. The summed E-state index contributed by atoms with van der Waals surface area (Å²) in [6.45, 7) is 2.76. The Morgan fingerprint density at radius 3 is 2.83 bits per heavy atom. The SMILES string of the molecule is CC1(C(=O)O)CCN(C(=O)NCCn2c(=O)oc3ccccc32)C1. The number of para-hydroxylation sites is 2. The van der Waals surface area contributed by atoms with E-state index in [-0.39, 0.29) is 25.7 Å². The van der Waals surface area contributed by atoms with Crippen LogP contribution in [-0.4, -0.2) is 46.2 Å². The number of urea groups is 1. The van der Waals surface area contributed by atoms with Crippen molar-refractivity contribution in [2.45, 2.75) is 19.9 Å². The summed E-state index contributed by atoms with van der Waals surface area (Å²) in [5.74, 6) is -1.36. The maximum Gasteiger partial charge on any atom is 0.420 e. The Balaban J connectivity index is 1.59. The molecule has 3 rings (SSSR count). The average Bonchev–Trinajstić information content (AvgIpc) is 3.09. The number of rotatable bonds is 4. The molecule has 1 aromatic carbocycles. The van der Waals surface area contributed by atoms with Gasteiger partial charge < -0.3 is 19.7 Å². The molecule has 1 atom stereocenters. The van der Waals surface area contributed by atoms with Crippen molar-refractivity contribution < 1.29 is 19.1 Å². The second-order valence-corrected chi connectivity index (χ2v) is 6.26. The minimum atomic E-state index is -0.894. The number of carbonyl (C=O) groups excluding carboxylic acids is 1. The van der Waals surface area contributed by atoms with Crippen LogP contribution >= 0.6 is 0 Å². The van der Waals surface area contributed by atoms with Gasteiger partial charge in [-0.2, -0.15) is 0 Å². The third kappa shape index (κ3) is 2.86. The number of nitrogens with one attached hydrogen (secondary N) is 1. The van der Waals surface area contributed by atoms with Crippen molar-refractivity contribution in [3.05, 3.63) is 34.8 Å². The van der Waals surface area contributed by atoms with E-state index in [1.165, 1.54) is 9.47 Å². The summed E-state index contributed by atoms with van der Waals surface area (Å²) in [4.78, 5) is 36.7. The van der Waals surface area contributed by atoms with Crippen LogP contribution in [0.15, 0.2) is 33.5 Å². The summed E-state index contributed by atoms with van der Waals surface area (Å²) in [5, 5.41) is 11.9. The molecule has 0 spiro atoms. The first kappa shape index (κ1) is 16.1. The van der Waals surface area contributed by atoms with E-state index in [1.807, 2.05) is 6.07 Å². The molecule has 0 saturated carbocycles. The maximum absolute atomic E-state index is 12.1. The van der Waals surface area contributed by atoms with Gasteiger partial charge in [0.2, 0.25) is 0 Å². The summed E-state index contributed by atoms with van der Waals surface area (Å²) in [5.41, 5.74) is 0.289. The predicted octanol–water partition coefficient (Wildman–Crippen LogP) is 1.10. The molecule has 2 amide bonds. The number of nitrogens with zero attached hydrogens (tertiary/aromatic N) is 2. The molecule has 128 valence electrons. The lowest BCUT2D eigenvalue weighted by molar-refractivity contribution is -0.146. The van der Waals surface area contributed by atoms with Crippen molar-refractivity contribution >= 4 is 23.1 Å². The Morgan fingerprint density at radius 2 is 2.12 bits per heavy atom. The fraction of sp³-hybridized carbons (Fsp3) is 0.438. The zero-order valence-corrected chi connectivity index (χ0v) is 13.3. The predicted molar refractivity (Wildman–Crippen MR) is 85.8 cm³/mol. The Labute approximate surface area is 137 Å². The van der Waals surface area contributed by atoms with E-state index in [0.29, 0.717) is 24.1 Å². The zero-order valence-electron chi connectivity index (χ0n) is 13.3. The molecule has 1 fully saturated rings. The van der Waals surface area contributed by atoms with Crippen LogP contribution in [0.5, 0.6) is 0 Å². The second kappa shape index (κ2) is 6.03. The molecule has 2 N–H and O–H groups in total. The molecular weight excluding hydrogens is 314 g/mol. The average molecular weight is 333 g/mol. The minimum absolute atomic E-state index is 0.183. The van der Waals surface area contributed by atoms with E-state index in [0.717, 1.165) is 0 Å². The van der Waals surface area contributed by atoms with Gasteiger partial charge in [-0.15, -0.1) is 0 Å². The van der Waals surface area contributed by atoms with Crippen molar-refractivity contribution in [2.24, 2.45) is 5.41 Å². The molecular formula is C16H19N3O5. The van der Waals surface area contributed by atoms with Gasteiger partial charge in [-0.05, 0) is 25.5 Å². The molecule has 1 unspecified atom stereocenters. The third-order valence-corrected chi connectivity index (χ3v) is 4.46. The summed E-state index contributed by atoms with van der Waals surface area (Å²) >= 11 is 0. The number of hydrogen-bond donors (Lipinski definition) is 2. The number of fused-ring (bicyclic) bond motifs is 1. The normalized spacial score (nSPS) is 20.5. The van der Waals surface area contributed by atoms with Crippen LogP contribution in [0, 0.1) is 5.41 Å². The highest BCUT2D eigenvalue weighted by Gasteiger charge is 2.42. The molecule has 2 heterocycles. The van der Waals surface area contributed by atoms with Crippen LogP contribution in [-0.2, 0) is 11.3 Å². The summed E-state index contributed by atoms with van der Waals surface area (Å²) in [6, 6.07) is 6.76. The number of likely N-dealkylation sites (tertiary alicyclic amines) is 1. The van der Waals surface area contributed by atoms with E-state index in [4.69, 9.17) is 4.42 Å². The van der Waals surface area contributed by atoms with E-state index in [2.05, 4.69) is 5.32 Å². The number of carbonyl (C=O) groups is 2. The standard InChI is InChI=1S/C16H19N3O5/c1-16(13(20)21)6-8-18(10-16)14(22)17-7-9-19-11-4-2-3-5-12(11)24-15(19)23/h2-5H,6-10H2,1H3,(H,17,22)(H,20,21). The van der Waals surface area contributed by atoms with E-state index >= 15 is 0 Å². The highest BCUT2D eigenvalue weighted by Crippen LogP contribution is 2.29. The molecule has 0 bridgehead atoms. The number of oxazole rings is 1. The maximum atomic E-state index is 12.1. The van der Waals surface area contributed by atoms with Crippen LogP contribution in [0.25, 0.3) is 11.1 Å². The van der Waals surface area contributed by atoms with Gasteiger partial charge in [0.05, 0.1) is 10.9 Å². The van der Waals surface area contributed by atoms with Gasteiger partial charge in [-0.25, -0.2) is 9.59 Å². The van der Waals surface area contributed by atoms with E-state index in [1.54, 1.807) is 25.1 Å². The zero-order chi connectivity index (χ0) is 17.3. The summed E-state index contributed by atoms with van der Waals surface area (Å²) in [6.07, 6.45) is 0.432. The van der Waals surface area contributed by atoms with Crippen LogP contribution in [0.2, 0.25) is 0 Å². The third-order valence-electron chi connectivity index (χ3n) is 4.46. The van der Waals surface area contributed by atoms with Crippen LogP contribution in [0.3, 0.4) is 0 Å². The topological polar surface area (TPSA) is 105 Å². The van der Waals surface area contributed by atoms with Gasteiger partial charge in [0.15, 0.2) is 5.58 Å². The first-order valence-corrected chi connectivity index (χ1v) is 7.75. The first-order valence-electron chi connectivity index (χ1n) is 7.75. The number of carboxylic acid groups (broad SMARTS) is 1. The Bertz CT molecular complexity index is 840. The molecule has 1 aromatic heterocycles.